The topological polar surface area (TPSA) is 91.7 Å². The van der Waals surface area contributed by atoms with E-state index < -0.39 is 10.0 Å². The van der Waals surface area contributed by atoms with Crippen molar-refractivity contribution in [3.63, 3.8) is 0 Å². The molecular weight excluding hydrogens is 294 g/mol. The van der Waals surface area contributed by atoms with E-state index in [0.717, 1.165) is 31.1 Å². The summed E-state index contributed by atoms with van der Waals surface area (Å²) in [6.07, 6.45) is 7.01. The Morgan fingerprint density at radius 1 is 1.48 bits per heavy atom. The summed E-state index contributed by atoms with van der Waals surface area (Å²) in [6.45, 7) is 1.31. The molecule has 0 aromatic carbocycles. The van der Waals surface area contributed by atoms with Crippen molar-refractivity contribution in [2.75, 3.05) is 19.3 Å². The molecule has 21 heavy (non-hydrogen) atoms. The highest BCUT2D eigenvalue weighted by Crippen LogP contribution is 2.17. The van der Waals surface area contributed by atoms with Crippen molar-refractivity contribution in [1.82, 2.24) is 14.9 Å². The molecule has 2 N–H and O–H groups in total. The molecule has 7 nitrogen and oxygen atoms in total. The zero-order valence-corrected chi connectivity index (χ0v) is 12.9. The number of nitrogens with one attached hydrogen (secondary N) is 2. The van der Waals surface area contributed by atoms with Gasteiger partial charge in [-0.2, -0.15) is 0 Å². The molecule has 0 bridgehead atoms. The second-order valence-corrected chi connectivity index (χ2v) is 7.09. The summed E-state index contributed by atoms with van der Waals surface area (Å²) in [5.41, 5.74) is 0.895. The quantitative estimate of drug-likeness (QED) is 0.844. The van der Waals surface area contributed by atoms with Crippen molar-refractivity contribution in [3.05, 3.63) is 24.2 Å². The predicted octanol–water partition coefficient (Wildman–Crippen LogP) is 0.893. The molecule has 0 radical (unpaired) electrons. The minimum Gasteiger partial charge on any atom is -0.472 e. The van der Waals surface area contributed by atoms with E-state index in [4.69, 9.17) is 4.42 Å². The summed E-state index contributed by atoms with van der Waals surface area (Å²) >= 11 is 0. The number of hydrogen-bond acceptors (Lipinski definition) is 4. The number of carbonyl (C=O) groups excluding carboxylic acids is 1. The van der Waals surface area contributed by atoms with Crippen LogP contribution in [0.3, 0.4) is 0 Å². The van der Waals surface area contributed by atoms with Crippen LogP contribution >= 0.6 is 0 Å². The lowest BCUT2D eigenvalue weighted by molar-refractivity contribution is 0.152. The van der Waals surface area contributed by atoms with E-state index in [1.165, 1.54) is 0 Å². The molecule has 1 fully saturated rings. The van der Waals surface area contributed by atoms with Gasteiger partial charge in [-0.1, -0.05) is 0 Å². The Morgan fingerprint density at radius 2 is 2.29 bits per heavy atom. The van der Waals surface area contributed by atoms with Gasteiger partial charge in [0.05, 0.1) is 18.8 Å². The Bertz CT molecular complexity index is 556. The third kappa shape index (κ3) is 5.05. The fraction of sp³-hybridized carbons (Fsp3) is 0.615. The maximum Gasteiger partial charge on any atom is 0.317 e. The van der Waals surface area contributed by atoms with Crippen molar-refractivity contribution >= 4 is 16.1 Å². The van der Waals surface area contributed by atoms with Gasteiger partial charge in [0.1, 0.15) is 0 Å². The smallest absolute Gasteiger partial charge is 0.317 e. The number of hydrogen-bond donors (Lipinski definition) is 2. The van der Waals surface area contributed by atoms with Gasteiger partial charge in [0.2, 0.25) is 10.0 Å². The maximum atomic E-state index is 12.2. The van der Waals surface area contributed by atoms with Crippen LogP contribution in [0.4, 0.5) is 4.79 Å². The number of piperidine rings is 1. The second kappa shape index (κ2) is 6.95. The Labute approximate surface area is 124 Å². The fourth-order valence-corrected chi connectivity index (χ4v) is 2.90. The molecule has 1 saturated heterocycles. The molecule has 0 spiro atoms. The van der Waals surface area contributed by atoms with Gasteiger partial charge in [-0.05, 0) is 25.3 Å². The highest BCUT2D eigenvalue weighted by Gasteiger charge is 2.27. The average molecular weight is 315 g/mol. The number of rotatable bonds is 5. The first-order chi connectivity index (χ1) is 9.96. The zero-order valence-electron chi connectivity index (χ0n) is 12.0. The van der Waals surface area contributed by atoms with Gasteiger partial charge in [0.25, 0.3) is 0 Å². The van der Waals surface area contributed by atoms with Crippen molar-refractivity contribution in [1.29, 1.82) is 0 Å². The van der Waals surface area contributed by atoms with E-state index in [1.807, 2.05) is 0 Å². The number of sulfonamides is 1. The molecule has 1 aliphatic rings. The molecule has 0 aliphatic carbocycles. The van der Waals surface area contributed by atoms with Gasteiger partial charge in [-0.15, -0.1) is 0 Å². The van der Waals surface area contributed by atoms with Crippen LogP contribution in [0.2, 0.25) is 0 Å². The molecule has 1 unspecified atom stereocenters. The molecule has 1 aromatic rings. The molecule has 1 aromatic heterocycles. The average Bonchev–Trinajstić information content (AvgIpc) is 2.95. The highest BCUT2D eigenvalue weighted by atomic mass is 32.2. The summed E-state index contributed by atoms with van der Waals surface area (Å²) in [6, 6.07) is 1.52. The number of amides is 2. The lowest BCUT2D eigenvalue weighted by Gasteiger charge is -2.35. The molecule has 2 rings (SSSR count). The minimum absolute atomic E-state index is 0.0992. The Morgan fingerprint density at radius 3 is 2.95 bits per heavy atom. The Balaban J connectivity index is 1.89. The number of likely N-dealkylation sites (tertiary alicyclic amines) is 1. The first kappa shape index (κ1) is 15.8. The van der Waals surface area contributed by atoms with E-state index in [2.05, 4.69) is 10.0 Å². The van der Waals surface area contributed by atoms with Crippen molar-refractivity contribution in [2.45, 2.75) is 31.8 Å². The van der Waals surface area contributed by atoms with Gasteiger partial charge >= 0.3 is 6.03 Å². The normalized spacial score (nSPS) is 19.5. The fourth-order valence-electron chi connectivity index (χ4n) is 2.40. The summed E-state index contributed by atoms with van der Waals surface area (Å²) in [5, 5.41) is 2.83. The van der Waals surface area contributed by atoms with Gasteiger partial charge in [0, 0.05) is 31.2 Å². The number of carbonyl (C=O) groups is 1. The molecule has 1 atom stereocenters. The summed E-state index contributed by atoms with van der Waals surface area (Å²) < 4.78 is 29.8. The Kier molecular flexibility index (Phi) is 5.24. The predicted molar refractivity (Wildman–Crippen MR) is 78.1 cm³/mol. The molecule has 0 saturated carbocycles. The Hall–Kier alpha value is -1.54. The third-order valence-electron chi connectivity index (χ3n) is 3.49. The van der Waals surface area contributed by atoms with E-state index in [9.17, 15) is 13.2 Å². The minimum atomic E-state index is -3.24. The monoisotopic (exact) mass is 315 g/mol. The lowest BCUT2D eigenvalue weighted by atomic mass is 10.0. The molecule has 2 heterocycles. The largest absolute Gasteiger partial charge is 0.472 e. The van der Waals surface area contributed by atoms with Crippen LogP contribution in [-0.2, 0) is 16.6 Å². The first-order valence-electron chi connectivity index (χ1n) is 6.96. The van der Waals surface area contributed by atoms with Crippen LogP contribution < -0.4 is 10.0 Å². The van der Waals surface area contributed by atoms with E-state index >= 15 is 0 Å². The van der Waals surface area contributed by atoms with Crippen LogP contribution in [0.25, 0.3) is 0 Å². The SMILES string of the molecule is CS(=O)(=O)NCC1CCCCN1C(=O)NCc1ccoc1. The summed E-state index contributed by atoms with van der Waals surface area (Å²) in [7, 11) is -3.24. The van der Waals surface area contributed by atoms with Gasteiger partial charge in [-0.25, -0.2) is 17.9 Å². The number of furan rings is 1. The third-order valence-corrected chi connectivity index (χ3v) is 4.18. The standard InChI is InChI=1S/C13H21N3O4S/c1-21(18,19)15-9-12-4-2-3-6-16(12)13(17)14-8-11-5-7-20-10-11/h5,7,10,12,15H,2-4,6,8-9H2,1H3,(H,14,17). The van der Waals surface area contributed by atoms with Crippen molar-refractivity contribution in [2.24, 2.45) is 0 Å². The van der Waals surface area contributed by atoms with Gasteiger partial charge < -0.3 is 14.6 Å². The zero-order chi connectivity index (χ0) is 15.3. The van der Waals surface area contributed by atoms with E-state index in [0.29, 0.717) is 13.1 Å². The van der Waals surface area contributed by atoms with Crippen LogP contribution in [0.5, 0.6) is 0 Å². The van der Waals surface area contributed by atoms with E-state index in [1.54, 1.807) is 23.5 Å². The van der Waals surface area contributed by atoms with Crippen LogP contribution in [0.1, 0.15) is 24.8 Å². The van der Waals surface area contributed by atoms with E-state index in [-0.39, 0.29) is 18.6 Å². The molecule has 2 amide bonds. The van der Waals surface area contributed by atoms with Crippen LogP contribution in [0, 0.1) is 0 Å². The van der Waals surface area contributed by atoms with Crippen molar-refractivity contribution in [3.8, 4) is 0 Å². The lowest BCUT2D eigenvalue weighted by Crippen LogP contribution is -2.52. The van der Waals surface area contributed by atoms with Crippen LogP contribution in [0.15, 0.2) is 23.0 Å². The van der Waals surface area contributed by atoms with Crippen molar-refractivity contribution < 1.29 is 17.6 Å². The van der Waals surface area contributed by atoms with Crippen LogP contribution in [-0.4, -0.2) is 44.7 Å². The van der Waals surface area contributed by atoms with Gasteiger partial charge in [-0.3, -0.25) is 0 Å². The first-order valence-corrected chi connectivity index (χ1v) is 8.85. The molecule has 8 heteroatoms. The summed E-state index contributed by atoms with van der Waals surface area (Å²) in [5.74, 6) is 0. The second-order valence-electron chi connectivity index (χ2n) is 5.25. The molecular formula is C13H21N3O4S. The molecule has 1 aliphatic heterocycles. The summed E-state index contributed by atoms with van der Waals surface area (Å²) in [4.78, 5) is 13.9. The molecule has 118 valence electrons. The number of urea groups is 1. The van der Waals surface area contributed by atoms with Gasteiger partial charge in [0.15, 0.2) is 0 Å². The maximum absolute atomic E-state index is 12.2. The number of nitrogens with zero attached hydrogens (tertiary/aromatic N) is 1. The highest BCUT2D eigenvalue weighted by molar-refractivity contribution is 7.88.